The molecule has 1 aliphatic rings. The lowest BCUT2D eigenvalue weighted by Gasteiger charge is -2.34. The van der Waals surface area contributed by atoms with Crippen LogP contribution >= 0.6 is 0 Å². The number of urea groups is 1. The third-order valence-corrected chi connectivity index (χ3v) is 7.04. The molecule has 1 fully saturated rings. The summed E-state index contributed by atoms with van der Waals surface area (Å²) in [6.07, 6.45) is 4.65. The van der Waals surface area contributed by atoms with Crippen LogP contribution in [0.25, 0.3) is 11.2 Å². The van der Waals surface area contributed by atoms with E-state index in [4.69, 9.17) is 9.47 Å². The Morgan fingerprint density at radius 2 is 2.03 bits per heavy atom. The average molecular weight is 491 g/mol. The molecule has 0 aromatic carbocycles. The molecule has 3 heterocycles. The molecule has 188 valence electrons. The predicted octanol–water partition coefficient (Wildman–Crippen LogP) is 4.26. The Morgan fingerprint density at radius 1 is 1.26 bits per heavy atom. The number of hydrogen-bond donors (Lipinski definition) is 2. The summed E-state index contributed by atoms with van der Waals surface area (Å²) >= 11 is 0. The first kappa shape index (κ1) is 26.0. The number of carbonyl (C=O) groups excluding carboxylic acids is 2. The van der Waals surface area contributed by atoms with Crippen molar-refractivity contribution in [2.45, 2.75) is 77.7 Å². The number of hydrogen-bond acceptors (Lipinski definition) is 6. The molecule has 0 aliphatic carbocycles. The van der Waals surface area contributed by atoms with Gasteiger partial charge in [-0.1, -0.05) is 19.6 Å². The first-order valence-electron chi connectivity index (χ1n) is 11.8. The van der Waals surface area contributed by atoms with Crippen LogP contribution in [0.15, 0.2) is 18.5 Å². The zero-order chi connectivity index (χ0) is 24.9. The smallest absolute Gasteiger partial charge is 0.410 e. The highest BCUT2D eigenvalue weighted by molar-refractivity contribution is 6.76. The molecule has 3 amide bonds. The van der Waals surface area contributed by atoms with Gasteiger partial charge in [0, 0.05) is 40.0 Å². The van der Waals surface area contributed by atoms with Gasteiger partial charge in [0.2, 0.25) is 0 Å². The van der Waals surface area contributed by atoms with Crippen molar-refractivity contribution in [1.29, 1.82) is 0 Å². The quantitative estimate of drug-likeness (QED) is 0.443. The average Bonchev–Trinajstić information content (AvgIpc) is 3.11. The molecule has 0 saturated carbocycles. The molecule has 0 radical (unpaired) electrons. The number of carbonyl (C=O) groups is 2. The van der Waals surface area contributed by atoms with Crippen molar-refractivity contribution in [3.05, 3.63) is 18.5 Å². The number of nitrogens with zero attached hydrogens (tertiary/aromatic N) is 4. The van der Waals surface area contributed by atoms with Gasteiger partial charge in [-0.15, -0.1) is 0 Å². The van der Waals surface area contributed by atoms with Crippen LogP contribution < -0.4 is 10.6 Å². The second kappa shape index (κ2) is 10.7. The molecule has 1 saturated heterocycles. The van der Waals surface area contributed by atoms with Crippen molar-refractivity contribution in [1.82, 2.24) is 24.8 Å². The Hall–Kier alpha value is -2.66. The second-order valence-electron chi connectivity index (χ2n) is 11.0. The number of aromatic nitrogens is 3. The van der Waals surface area contributed by atoms with Gasteiger partial charge in [-0.2, -0.15) is 0 Å². The normalized spacial score (nSPS) is 17.0. The summed E-state index contributed by atoms with van der Waals surface area (Å²) in [4.78, 5) is 35.5. The molecule has 0 bridgehead atoms. The van der Waals surface area contributed by atoms with Crippen molar-refractivity contribution in [3.8, 4) is 0 Å². The molecule has 2 aromatic heterocycles. The van der Waals surface area contributed by atoms with Crippen LogP contribution in [0.3, 0.4) is 0 Å². The van der Waals surface area contributed by atoms with Gasteiger partial charge in [-0.25, -0.2) is 19.6 Å². The van der Waals surface area contributed by atoms with Crippen LogP contribution in [-0.4, -0.2) is 71.0 Å². The van der Waals surface area contributed by atoms with E-state index >= 15 is 0 Å². The van der Waals surface area contributed by atoms with Gasteiger partial charge in [-0.05, 0) is 45.7 Å². The molecule has 1 aliphatic heterocycles. The molecular weight excluding hydrogens is 452 g/mol. The SMILES string of the molecule is CC(C)(C)OC(=O)N1CCCC(NC(=O)Nc2cnc3c(ccn3COCC[Si](C)(C)C)n2)C1. The van der Waals surface area contributed by atoms with Gasteiger partial charge in [0.25, 0.3) is 0 Å². The molecule has 10 nitrogen and oxygen atoms in total. The van der Waals surface area contributed by atoms with E-state index in [2.05, 4.69) is 40.2 Å². The van der Waals surface area contributed by atoms with Crippen LogP contribution in [0, 0.1) is 0 Å². The van der Waals surface area contributed by atoms with Crippen LogP contribution in [-0.2, 0) is 16.2 Å². The fourth-order valence-corrected chi connectivity index (χ4v) is 4.35. The maximum Gasteiger partial charge on any atom is 0.410 e. The Kier molecular flexibility index (Phi) is 8.19. The summed E-state index contributed by atoms with van der Waals surface area (Å²) in [7, 11) is -1.13. The number of anilines is 1. The lowest BCUT2D eigenvalue weighted by atomic mass is 10.1. The molecule has 2 N–H and O–H groups in total. The van der Waals surface area contributed by atoms with E-state index in [1.165, 1.54) is 6.20 Å². The van der Waals surface area contributed by atoms with Crippen molar-refractivity contribution >= 4 is 37.2 Å². The molecule has 0 spiro atoms. The van der Waals surface area contributed by atoms with Crippen LogP contribution in [0.4, 0.5) is 15.4 Å². The largest absolute Gasteiger partial charge is 0.444 e. The fraction of sp³-hybridized carbons (Fsp3) is 0.652. The minimum atomic E-state index is -1.13. The molecule has 3 rings (SSSR count). The lowest BCUT2D eigenvalue weighted by Crippen LogP contribution is -2.51. The van der Waals surface area contributed by atoms with Gasteiger partial charge in [0.1, 0.15) is 17.8 Å². The first-order valence-corrected chi connectivity index (χ1v) is 15.6. The van der Waals surface area contributed by atoms with E-state index in [-0.39, 0.29) is 18.2 Å². The van der Waals surface area contributed by atoms with E-state index in [1.807, 2.05) is 37.6 Å². The summed E-state index contributed by atoms with van der Waals surface area (Å²) in [5.41, 5.74) is 0.838. The minimum absolute atomic E-state index is 0.160. The van der Waals surface area contributed by atoms with Gasteiger partial charge >= 0.3 is 12.1 Å². The van der Waals surface area contributed by atoms with Crippen LogP contribution in [0.2, 0.25) is 25.7 Å². The van der Waals surface area contributed by atoms with E-state index in [1.54, 1.807) is 4.90 Å². The highest BCUT2D eigenvalue weighted by atomic mass is 28.3. The zero-order valence-electron chi connectivity index (χ0n) is 21.2. The van der Waals surface area contributed by atoms with E-state index in [0.717, 1.165) is 25.5 Å². The minimum Gasteiger partial charge on any atom is -0.444 e. The maximum atomic E-state index is 12.5. The van der Waals surface area contributed by atoms with E-state index in [9.17, 15) is 9.59 Å². The number of amides is 3. The highest BCUT2D eigenvalue weighted by Gasteiger charge is 2.28. The Morgan fingerprint density at radius 3 is 2.74 bits per heavy atom. The molecule has 2 aromatic rings. The summed E-state index contributed by atoms with van der Waals surface area (Å²) in [6.45, 7) is 14.7. The number of ether oxygens (including phenoxy) is 2. The van der Waals surface area contributed by atoms with Crippen molar-refractivity contribution in [2.75, 3.05) is 25.0 Å². The molecule has 1 unspecified atom stereocenters. The molecule has 34 heavy (non-hydrogen) atoms. The third kappa shape index (κ3) is 7.98. The van der Waals surface area contributed by atoms with Crippen LogP contribution in [0.5, 0.6) is 0 Å². The molecule has 11 heteroatoms. The van der Waals surface area contributed by atoms with E-state index < -0.39 is 13.7 Å². The topological polar surface area (TPSA) is 111 Å². The van der Waals surface area contributed by atoms with Crippen molar-refractivity contribution in [2.24, 2.45) is 0 Å². The van der Waals surface area contributed by atoms with Gasteiger partial charge < -0.3 is 24.3 Å². The summed E-state index contributed by atoms with van der Waals surface area (Å²) in [6, 6.07) is 2.43. The van der Waals surface area contributed by atoms with Gasteiger partial charge in [0.05, 0.1) is 6.20 Å². The molecule has 1 atom stereocenters. The first-order chi connectivity index (χ1) is 15.9. The van der Waals surface area contributed by atoms with Crippen LogP contribution in [0.1, 0.15) is 33.6 Å². The maximum absolute atomic E-state index is 12.5. The zero-order valence-corrected chi connectivity index (χ0v) is 22.2. The molecular formula is C23H38N6O4Si. The Balaban J connectivity index is 1.51. The van der Waals surface area contributed by atoms with E-state index in [0.29, 0.717) is 36.8 Å². The monoisotopic (exact) mass is 490 g/mol. The lowest BCUT2D eigenvalue weighted by molar-refractivity contribution is 0.0191. The van der Waals surface area contributed by atoms with Gasteiger partial charge in [-0.3, -0.25) is 5.32 Å². The Bertz CT molecular complexity index is 997. The summed E-state index contributed by atoms with van der Waals surface area (Å²) in [5, 5.41) is 5.67. The van der Waals surface area contributed by atoms with Crippen molar-refractivity contribution in [3.63, 3.8) is 0 Å². The second-order valence-corrected chi connectivity index (χ2v) is 16.6. The number of fused-ring (bicyclic) bond motifs is 1. The Labute approximate surface area is 202 Å². The van der Waals surface area contributed by atoms with Crippen molar-refractivity contribution < 1.29 is 19.1 Å². The summed E-state index contributed by atoms with van der Waals surface area (Å²) < 4.78 is 13.2. The third-order valence-electron chi connectivity index (χ3n) is 5.34. The number of rotatable bonds is 7. The standard InChI is InChI=1S/C23H38N6O4Si/c1-23(2,3)33-22(31)28-10-7-8-17(15-28)25-21(30)27-19-14-24-20-18(26-19)9-11-29(20)16-32-12-13-34(4,5)6/h9,11,14,17H,7-8,10,12-13,15-16H2,1-6H3,(H2,25,26,27,30). The number of likely N-dealkylation sites (tertiary alicyclic amines) is 1. The predicted molar refractivity (Wildman–Crippen MR) is 135 cm³/mol. The number of piperidine rings is 1. The fourth-order valence-electron chi connectivity index (χ4n) is 3.59. The highest BCUT2D eigenvalue weighted by Crippen LogP contribution is 2.17. The summed E-state index contributed by atoms with van der Waals surface area (Å²) in [5.74, 6) is 0.363. The number of nitrogens with one attached hydrogen (secondary N) is 2. The van der Waals surface area contributed by atoms with Gasteiger partial charge in [0.15, 0.2) is 11.5 Å².